The van der Waals surface area contributed by atoms with Gasteiger partial charge in [0.1, 0.15) is 0 Å². The molecule has 0 spiro atoms. The second kappa shape index (κ2) is 7.36. The molecule has 1 unspecified atom stereocenters. The first-order chi connectivity index (χ1) is 9.74. The summed E-state index contributed by atoms with van der Waals surface area (Å²) >= 11 is 0. The lowest BCUT2D eigenvalue weighted by atomic mass is 10.0. The van der Waals surface area contributed by atoms with Crippen LogP contribution in [-0.4, -0.2) is 39.1 Å². The predicted molar refractivity (Wildman–Crippen MR) is 76.5 cm³/mol. The Kier molecular flexibility index (Phi) is 5.49. The molecule has 1 aliphatic heterocycles. The van der Waals surface area contributed by atoms with E-state index in [1.165, 1.54) is 20.6 Å². The van der Waals surface area contributed by atoms with Crippen LogP contribution in [0.3, 0.4) is 0 Å². The number of hydrogen-bond acceptors (Lipinski definition) is 5. The number of nitrogens with one attached hydrogen (secondary N) is 1. The van der Waals surface area contributed by atoms with Crippen molar-refractivity contribution in [3.05, 3.63) is 17.7 Å². The fraction of sp³-hybridized carbons (Fsp3) is 0.600. The summed E-state index contributed by atoms with van der Waals surface area (Å²) in [5.41, 5.74) is 1.02. The third-order valence-corrected chi connectivity index (χ3v) is 3.56. The zero-order valence-electron chi connectivity index (χ0n) is 12.1. The van der Waals surface area contributed by atoms with Crippen molar-refractivity contribution in [1.29, 1.82) is 0 Å². The largest absolute Gasteiger partial charge is 0.502 e. The molecule has 0 amide bonds. The second-order valence-corrected chi connectivity index (χ2v) is 5.06. The molecule has 1 saturated heterocycles. The fourth-order valence-corrected chi connectivity index (χ4v) is 2.44. The summed E-state index contributed by atoms with van der Waals surface area (Å²) in [6.45, 7) is 3.38. The SMILES string of the molecule is COc1cc(CNCC2CCCOC2)cc(OC)c1O. The Labute approximate surface area is 119 Å². The zero-order chi connectivity index (χ0) is 14.4. The van der Waals surface area contributed by atoms with Gasteiger partial charge in [0.25, 0.3) is 0 Å². The fourth-order valence-electron chi connectivity index (χ4n) is 2.44. The minimum absolute atomic E-state index is 0.0411. The highest BCUT2D eigenvalue weighted by atomic mass is 16.5. The first kappa shape index (κ1) is 14.9. The van der Waals surface area contributed by atoms with Crippen molar-refractivity contribution in [2.75, 3.05) is 34.0 Å². The number of phenols is 1. The molecule has 1 aromatic carbocycles. The lowest BCUT2D eigenvalue weighted by Gasteiger charge is -2.22. The molecule has 0 saturated carbocycles. The van der Waals surface area contributed by atoms with E-state index in [0.29, 0.717) is 24.0 Å². The molecule has 1 atom stereocenters. The highest BCUT2D eigenvalue weighted by Gasteiger charge is 2.14. The lowest BCUT2D eigenvalue weighted by molar-refractivity contribution is 0.0547. The van der Waals surface area contributed by atoms with E-state index in [9.17, 15) is 5.11 Å². The van der Waals surface area contributed by atoms with Gasteiger partial charge in [-0.05, 0) is 36.5 Å². The summed E-state index contributed by atoms with van der Waals surface area (Å²) in [5.74, 6) is 1.49. The summed E-state index contributed by atoms with van der Waals surface area (Å²) in [6, 6.07) is 3.64. The van der Waals surface area contributed by atoms with E-state index in [2.05, 4.69) is 5.32 Å². The molecular formula is C15H23NO4. The second-order valence-electron chi connectivity index (χ2n) is 5.06. The molecule has 5 nitrogen and oxygen atoms in total. The average molecular weight is 281 g/mol. The van der Waals surface area contributed by atoms with E-state index < -0.39 is 0 Å². The van der Waals surface area contributed by atoms with Crippen molar-refractivity contribution in [1.82, 2.24) is 5.32 Å². The van der Waals surface area contributed by atoms with E-state index >= 15 is 0 Å². The maximum atomic E-state index is 9.86. The first-order valence-electron chi connectivity index (χ1n) is 6.97. The molecule has 2 rings (SSSR count). The third-order valence-electron chi connectivity index (χ3n) is 3.56. The highest BCUT2D eigenvalue weighted by Crippen LogP contribution is 2.37. The predicted octanol–water partition coefficient (Wildman–Crippen LogP) is 1.93. The van der Waals surface area contributed by atoms with Crippen molar-refractivity contribution in [3.8, 4) is 17.2 Å². The minimum Gasteiger partial charge on any atom is -0.502 e. The highest BCUT2D eigenvalue weighted by molar-refractivity contribution is 5.52. The van der Waals surface area contributed by atoms with Crippen molar-refractivity contribution in [2.45, 2.75) is 19.4 Å². The zero-order valence-corrected chi connectivity index (χ0v) is 12.1. The van der Waals surface area contributed by atoms with Gasteiger partial charge in [-0.25, -0.2) is 0 Å². The van der Waals surface area contributed by atoms with E-state index in [4.69, 9.17) is 14.2 Å². The average Bonchev–Trinajstić information content (AvgIpc) is 2.49. The van der Waals surface area contributed by atoms with E-state index in [1.54, 1.807) is 0 Å². The van der Waals surface area contributed by atoms with Crippen LogP contribution in [0.25, 0.3) is 0 Å². The van der Waals surface area contributed by atoms with E-state index in [-0.39, 0.29) is 5.75 Å². The first-order valence-corrected chi connectivity index (χ1v) is 6.97. The summed E-state index contributed by atoms with van der Waals surface area (Å²) < 4.78 is 15.8. The van der Waals surface area contributed by atoms with Gasteiger partial charge in [0, 0.05) is 19.7 Å². The summed E-state index contributed by atoms with van der Waals surface area (Å²) in [6.07, 6.45) is 2.36. The lowest BCUT2D eigenvalue weighted by Crippen LogP contribution is -2.28. The van der Waals surface area contributed by atoms with E-state index in [1.807, 2.05) is 12.1 Å². The molecule has 1 fully saturated rings. The molecule has 0 bridgehead atoms. The van der Waals surface area contributed by atoms with Crippen molar-refractivity contribution in [3.63, 3.8) is 0 Å². The molecule has 0 aromatic heterocycles. The Morgan fingerprint density at radius 2 is 2.00 bits per heavy atom. The van der Waals surface area contributed by atoms with Gasteiger partial charge < -0.3 is 24.6 Å². The monoisotopic (exact) mass is 281 g/mol. The van der Waals surface area contributed by atoms with Gasteiger partial charge in [-0.15, -0.1) is 0 Å². The Morgan fingerprint density at radius 3 is 2.55 bits per heavy atom. The molecular weight excluding hydrogens is 258 g/mol. The number of rotatable bonds is 6. The Morgan fingerprint density at radius 1 is 1.30 bits per heavy atom. The van der Waals surface area contributed by atoms with Crippen LogP contribution in [0.4, 0.5) is 0 Å². The molecule has 112 valence electrons. The van der Waals surface area contributed by atoms with E-state index in [0.717, 1.165) is 31.7 Å². The number of hydrogen-bond donors (Lipinski definition) is 2. The molecule has 0 aliphatic carbocycles. The van der Waals surface area contributed by atoms with Gasteiger partial charge in [-0.3, -0.25) is 0 Å². The van der Waals surface area contributed by atoms with Gasteiger partial charge in [-0.1, -0.05) is 0 Å². The molecule has 5 heteroatoms. The van der Waals surface area contributed by atoms with Gasteiger partial charge in [0.2, 0.25) is 5.75 Å². The summed E-state index contributed by atoms with van der Waals surface area (Å²) in [7, 11) is 3.07. The summed E-state index contributed by atoms with van der Waals surface area (Å²) in [4.78, 5) is 0. The number of benzene rings is 1. The van der Waals surface area contributed by atoms with Crippen LogP contribution >= 0.6 is 0 Å². The van der Waals surface area contributed by atoms with Crippen molar-refractivity contribution >= 4 is 0 Å². The maximum absolute atomic E-state index is 9.86. The van der Waals surface area contributed by atoms with Crippen LogP contribution < -0.4 is 14.8 Å². The number of aromatic hydroxyl groups is 1. The molecule has 1 heterocycles. The van der Waals surface area contributed by atoms with Gasteiger partial charge in [0.05, 0.1) is 20.8 Å². The van der Waals surface area contributed by atoms with Gasteiger partial charge in [-0.2, -0.15) is 0 Å². The maximum Gasteiger partial charge on any atom is 0.200 e. The summed E-state index contributed by atoms with van der Waals surface area (Å²) in [5, 5.41) is 13.3. The molecule has 2 N–H and O–H groups in total. The number of ether oxygens (including phenoxy) is 3. The van der Waals surface area contributed by atoms with Crippen LogP contribution in [0.15, 0.2) is 12.1 Å². The minimum atomic E-state index is 0.0411. The van der Waals surface area contributed by atoms with Gasteiger partial charge in [0.15, 0.2) is 11.5 Å². The molecule has 1 aliphatic rings. The Bertz CT molecular complexity index is 405. The van der Waals surface area contributed by atoms with Crippen LogP contribution in [0.1, 0.15) is 18.4 Å². The number of phenolic OH excluding ortho intramolecular Hbond substituents is 1. The molecule has 0 radical (unpaired) electrons. The standard InChI is InChI=1S/C15H23NO4/c1-18-13-6-12(7-14(19-2)15(13)17)9-16-8-11-4-3-5-20-10-11/h6-7,11,16-17H,3-5,8-10H2,1-2H3. The van der Waals surface area contributed by atoms with Crippen LogP contribution in [-0.2, 0) is 11.3 Å². The normalized spacial score (nSPS) is 18.8. The Balaban J connectivity index is 1.91. The van der Waals surface area contributed by atoms with Crippen LogP contribution in [0.2, 0.25) is 0 Å². The molecule has 20 heavy (non-hydrogen) atoms. The van der Waals surface area contributed by atoms with Crippen molar-refractivity contribution in [2.24, 2.45) is 5.92 Å². The molecule has 1 aromatic rings. The van der Waals surface area contributed by atoms with Crippen LogP contribution in [0, 0.1) is 5.92 Å². The smallest absolute Gasteiger partial charge is 0.200 e. The topological polar surface area (TPSA) is 60.0 Å². The Hall–Kier alpha value is -1.46. The van der Waals surface area contributed by atoms with Crippen molar-refractivity contribution < 1.29 is 19.3 Å². The van der Waals surface area contributed by atoms with Crippen LogP contribution in [0.5, 0.6) is 17.2 Å². The number of methoxy groups -OCH3 is 2. The third kappa shape index (κ3) is 3.77. The quantitative estimate of drug-likeness (QED) is 0.834. The van der Waals surface area contributed by atoms with Gasteiger partial charge >= 0.3 is 0 Å².